The second kappa shape index (κ2) is 12.7. The van der Waals surface area contributed by atoms with E-state index >= 15 is 0 Å². The number of benzene rings is 5. The second-order valence-corrected chi connectivity index (χ2v) is 13.1. The van der Waals surface area contributed by atoms with E-state index in [9.17, 15) is 0 Å². The van der Waals surface area contributed by atoms with Crippen LogP contribution in [0.3, 0.4) is 0 Å². The van der Waals surface area contributed by atoms with E-state index in [2.05, 4.69) is 171 Å². The summed E-state index contributed by atoms with van der Waals surface area (Å²) in [4.78, 5) is 0. The fourth-order valence-corrected chi connectivity index (χ4v) is 7.75. The number of hydrogen-bond acceptors (Lipinski definition) is 4. The van der Waals surface area contributed by atoms with Crippen LogP contribution in [-0.2, 0) is 0 Å². The Morgan fingerprint density at radius 2 is 1.51 bits per heavy atom. The first-order valence-corrected chi connectivity index (χ1v) is 17.4. The van der Waals surface area contributed by atoms with Crippen molar-refractivity contribution in [2.75, 3.05) is 13.1 Å². The predicted octanol–water partition coefficient (Wildman–Crippen LogP) is 8.27. The van der Waals surface area contributed by atoms with Crippen molar-refractivity contribution in [2.24, 2.45) is 5.73 Å². The summed E-state index contributed by atoms with van der Waals surface area (Å²) in [5, 5.41) is 14.7. The molecule has 0 amide bonds. The van der Waals surface area contributed by atoms with Crippen molar-refractivity contribution < 1.29 is 0 Å². The Morgan fingerprint density at radius 3 is 2.33 bits per heavy atom. The number of aromatic nitrogens is 2. The summed E-state index contributed by atoms with van der Waals surface area (Å²) in [7, 11) is 0. The van der Waals surface area contributed by atoms with E-state index in [0.717, 1.165) is 42.9 Å². The monoisotopic (exact) mass is 640 g/mol. The van der Waals surface area contributed by atoms with Gasteiger partial charge < -0.3 is 20.2 Å². The highest BCUT2D eigenvalue weighted by atomic mass is 15.2. The molecule has 5 aromatic carbocycles. The van der Waals surface area contributed by atoms with Gasteiger partial charge in [-0.25, -0.2) is 0 Å². The third-order valence-electron chi connectivity index (χ3n) is 10.2. The summed E-state index contributed by atoms with van der Waals surface area (Å²) in [5.74, 6) is 0. The van der Waals surface area contributed by atoms with E-state index in [1.165, 1.54) is 49.4 Å². The van der Waals surface area contributed by atoms with Crippen molar-refractivity contribution in [2.45, 2.75) is 31.2 Å². The molecule has 6 nitrogen and oxygen atoms in total. The minimum absolute atomic E-state index is 0.0377. The third-order valence-corrected chi connectivity index (χ3v) is 10.2. The van der Waals surface area contributed by atoms with Gasteiger partial charge in [0.15, 0.2) is 0 Å². The van der Waals surface area contributed by atoms with Crippen molar-refractivity contribution in [3.63, 3.8) is 0 Å². The van der Waals surface area contributed by atoms with E-state index in [1.807, 2.05) is 0 Å². The topological polar surface area (TPSA) is 72.0 Å². The fourth-order valence-electron chi connectivity index (χ4n) is 7.75. The lowest BCUT2D eigenvalue weighted by atomic mass is 9.95. The maximum atomic E-state index is 6.87. The normalized spacial score (nSPS) is 18.7. The molecule has 2 aliphatic rings. The highest BCUT2D eigenvalue weighted by Crippen LogP contribution is 2.38. The first-order valence-electron chi connectivity index (χ1n) is 17.4. The van der Waals surface area contributed by atoms with Gasteiger partial charge in [-0.15, -0.1) is 0 Å². The molecule has 0 bridgehead atoms. The number of nitrogens with two attached hydrogens (primary N) is 1. The lowest BCUT2D eigenvalue weighted by molar-refractivity contribution is 0.435. The molecule has 0 aliphatic carbocycles. The van der Waals surface area contributed by atoms with Gasteiger partial charge in [0.1, 0.15) is 0 Å². The molecular formula is C43H40N6. The zero-order valence-electron chi connectivity index (χ0n) is 27.4. The van der Waals surface area contributed by atoms with Gasteiger partial charge in [0.05, 0.1) is 28.9 Å². The highest BCUT2D eigenvalue weighted by Gasteiger charge is 2.23. The minimum atomic E-state index is -0.338. The second-order valence-electron chi connectivity index (χ2n) is 13.1. The summed E-state index contributed by atoms with van der Waals surface area (Å²) < 4.78 is 4.67. The van der Waals surface area contributed by atoms with Crippen LogP contribution in [0, 0.1) is 0 Å². The van der Waals surface area contributed by atoms with Crippen molar-refractivity contribution in [1.29, 1.82) is 0 Å². The summed E-state index contributed by atoms with van der Waals surface area (Å²) in [6.07, 6.45) is 10.6. The predicted molar refractivity (Wildman–Crippen MR) is 203 cm³/mol. The Bertz CT molecular complexity index is 2330. The molecule has 2 aromatic heterocycles. The third kappa shape index (κ3) is 5.39. The minimum Gasteiger partial charge on any atom is -0.316 e. The molecule has 9 rings (SSSR count). The standard InChI is InChI=1S/C43H40N6/c44-42(47-43-34(12-8-27-46-43)29-15-17-30(18-16-29)38-13-6-7-26-45-38)31-19-21-33(22-20-31)49-40-14-5-4-11-35(40)36-23-24-39-37(41(36)49)25-28-48(39)32-9-2-1-3-10-32/h1-7,9-12,14-25,28,38,42-43,45-47H,8,13,26-27,44H2. The average molecular weight is 641 g/mol. The average Bonchev–Trinajstić information content (AvgIpc) is 3.76. The van der Waals surface area contributed by atoms with Gasteiger partial charge in [0.2, 0.25) is 0 Å². The number of nitrogens with zero attached hydrogens (tertiary/aromatic N) is 2. The van der Waals surface area contributed by atoms with Crippen LogP contribution in [0.15, 0.2) is 146 Å². The van der Waals surface area contributed by atoms with Gasteiger partial charge in [0.25, 0.3) is 0 Å². The molecule has 242 valence electrons. The SMILES string of the molecule is NC(NC1NCCC=C1c1ccc(C2CC=CCN2)cc1)c1ccc(-n2c3ccccc3c3ccc4c(ccn4-c4ccccc4)c32)cc1. The van der Waals surface area contributed by atoms with Gasteiger partial charge >= 0.3 is 0 Å². The zero-order valence-corrected chi connectivity index (χ0v) is 27.4. The zero-order chi connectivity index (χ0) is 32.7. The van der Waals surface area contributed by atoms with Gasteiger partial charge in [0, 0.05) is 52.9 Å². The Morgan fingerprint density at radius 1 is 0.694 bits per heavy atom. The van der Waals surface area contributed by atoms with Crippen LogP contribution in [0.4, 0.5) is 0 Å². The Balaban J connectivity index is 1.02. The first-order chi connectivity index (χ1) is 24.2. The molecule has 6 heteroatoms. The van der Waals surface area contributed by atoms with Crippen LogP contribution in [0.25, 0.3) is 49.7 Å². The fraction of sp³-hybridized carbons (Fsp3) is 0.163. The van der Waals surface area contributed by atoms with Crippen molar-refractivity contribution in [3.8, 4) is 11.4 Å². The van der Waals surface area contributed by atoms with Gasteiger partial charge in [-0.05, 0) is 77.6 Å². The molecule has 0 radical (unpaired) electrons. The smallest absolute Gasteiger partial charge is 0.0852 e. The van der Waals surface area contributed by atoms with Crippen LogP contribution in [-0.4, -0.2) is 28.4 Å². The number of hydrogen-bond donors (Lipinski definition) is 4. The van der Waals surface area contributed by atoms with E-state index in [4.69, 9.17) is 5.73 Å². The van der Waals surface area contributed by atoms with Gasteiger partial charge in [-0.2, -0.15) is 0 Å². The van der Waals surface area contributed by atoms with Crippen LogP contribution in [0.1, 0.15) is 41.7 Å². The molecule has 2 aliphatic heterocycles. The van der Waals surface area contributed by atoms with E-state index < -0.39 is 0 Å². The molecule has 0 spiro atoms. The maximum Gasteiger partial charge on any atom is 0.0852 e. The molecule has 7 aromatic rings. The molecule has 4 heterocycles. The molecule has 3 unspecified atom stereocenters. The Labute approximate surface area is 286 Å². The van der Waals surface area contributed by atoms with Gasteiger partial charge in [-0.3, -0.25) is 10.6 Å². The molecule has 0 saturated carbocycles. The van der Waals surface area contributed by atoms with E-state index in [0.29, 0.717) is 6.04 Å². The first kappa shape index (κ1) is 29.9. The van der Waals surface area contributed by atoms with E-state index in [-0.39, 0.29) is 12.3 Å². The Kier molecular flexibility index (Phi) is 7.71. The summed E-state index contributed by atoms with van der Waals surface area (Å²) in [6.45, 7) is 1.84. The summed E-state index contributed by atoms with van der Waals surface area (Å²) in [6, 6.07) is 44.1. The Hall–Kier alpha value is -5.24. The molecule has 3 atom stereocenters. The van der Waals surface area contributed by atoms with Crippen molar-refractivity contribution >= 4 is 38.3 Å². The molecule has 0 saturated heterocycles. The lowest BCUT2D eigenvalue weighted by Gasteiger charge is -2.30. The van der Waals surface area contributed by atoms with E-state index in [1.54, 1.807) is 0 Å². The summed E-state index contributed by atoms with van der Waals surface area (Å²) in [5.41, 5.74) is 17.6. The maximum absolute atomic E-state index is 6.87. The van der Waals surface area contributed by atoms with Crippen LogP contribution in [0.5, 0.6) is 0 Å². The highest BCUT2D eigenvalue weighted by molar-refractivity contribution is 6.18. The van der Waals surface area contributed by atoms with Crippen LogP contribution >= 0.6 is 0 Å². The van der Waals surface area contributed by atoms with Crippen LogP contribution < -0.4 is 21.7 Å². The molecule has 0 fully saturated rings. The number of fused-ring (bicyclic) bond motifs is 5. The number of nitrogens with one attached hydrogen (secondary N) is 3. The van der Waals surface area contributed by atoms with Crippen molar-refractivity contribution in [3.05, 3.63) is 162 Å². The molecule has 5 N–H and O–H groups in total. The molecular weight excluding hydrogens is 601 g/mol. The van der Waals surface area contributed by atoms with Crippen molar-refractivity contribution in [1.82, 2.24) is 25.1 Å². The molecule has 49 heavy (non-hydrogen) atoms. The van der Waals surface area contributed by atoms with Gasteiger partial charge in [-0.1, -0.05) is 97.1 Å². The number of rotatable bonds is 7. The number of para-hydroxylation sites is 2. The van der Waals surface area contributed by atoms with Crippen LogP contribution in [0.2, 0.25) is 0 Å². The lowest BCUT2D eigenvalue weighted by Crippen LogP contribution is -2.49. The quantitative estimate of drug-likeness (QED) is 0.105. The summed E-state index contributed by atoms with van der Waals surface area (Å²) >= 11 is 0. The largest absolute Gasteiger partial charge is 0.316 e.